The Kier molecular flexibility index (Phi) is 11.2. The summed E-state index contributed by atoms with van der Waals surface area (Å²) in [5.41, 5.74) is 3.05. The number of likely N-dealkylation sites (tertiary alicyclic amines) is 2. The van der Waals surface area contributed by atoms with Gasteiger partial charge in [-0.2, -0.15) is 15.1 Å². The van der Waals surface area contributed by atoms with Gasteiger partial charge in [0.2, 0.25) is 11.8 Å². The van der Waals surface area contributed by atoms with E-state index in [1.54, 1.807) is 6.20 Å². The minimum Gasteiger partial charge on any atom is -0.508 e. The maximum absolute atomic E-state index is 17.1. The maximum Gasteiger partial charge on any atom is 0.319 e. The molecule has 2 bridgehead atoms. The fourth-order valence-electron chi connectivity index (χ4n) is 12.1. The first-order chi connectivity index (χ1) is 33.6. The summed E-state index contributed by atoms with van der Waals surface area (Å²) in [5, 5.41) is 26.7. The van der Waals surface area contributed by atoms with Gasteiger partial charge in [-0.15, -0.1) is 6.42 Å². The van der Waals surface area contributed by atoms with E-state index in [2.05, 4.69) is 64.6 Å². The number of anilines is 1. The summed E-state index contributed by atoms with van der Waals surface area (Å²) in [6.07, 6.45) is 16.9. The predicted molar refractivity (Wildman–Crippen MR) is 258 cm³/mol. The highest BCUT2D eigenvalue weighted by Gasteiger charge is 2.46. The first-order valence-corrected chi connectivity index (χ1v) is 24.8. The number of phenolic OH excluding ortho intramolecular Hbond substituents is 1. The maximum atomic E-state index is 17.1. The number of fused-ring (bicyclic) bond motifs is 5. The number of halogens is 2. The molecule has 5 aliphatic heterocycles. The molecular formula is C53H56F2N10O4. The molecule has 5 saturated heterocycles. The number of phenols is 1. The van der Waals surface area contributed by atoms with Crippen LogP contribution in [0.3, 0.4) is 0 Å². The first-order valence-electron chi connectivity index (χ1n) is 24.8. The molecule has 0 radical (unpaired) electrons. The zero-order chi connectivity index (χ0) is 47.0. The molecule has 3 unspecified atom stereocenters. The van der Waals surface area contributed by atoms with E-state index in [1.807, 2.05) is 0 Å². The molecule has 69 heavy (non-hydrogen) atoms. The van der Waals surface area contributed by atoms with Crippen LogP contribution in [0.4, 0.5) is 14.6 Å². The van der Waals surface area contributed by atoms with Crippen LogP contribution in [0.5, 0.6) is 11.8 Å². The predicted octanol–water partition coefficient (Wildman–Crippen LogP) is 6.90. The number of terminal acetylenes is 1. The van der Waals surface area contributed by atoms with Crippen molar-refractivity contribution in [1.29, 1.82) is 0 Å². The van der Waals surface area contributed by atoms with E-state index < -0.39 is 17.6 Å². The monoisotopic (exact) mass is 934 g/mol. The van der Waals surface area contributed by atoms with Gasteiger partial charge in [0.05, 0.1) is 34.7 Å². The quantitative estimate of drug-likeness (QED) is 0.0787. The lowest BCUT2D eigenvalue weighted by molar-refractivity contribution is -0.134. The molecule has 0 spiro atoms. The van der Waals surface area contributed by atoms with Crippen LogP contribution >= 0.6 is 0 Å². The van der Waals surface area contributed by atoms with Crippen LogP contribution in [0, 0.1) is 35.3 Å². The summed E-state index contributed by atoms with van der Waals surface area (Å²) in [6, 6.07) is 12.8. The van der Waals surface area contributed by atoms with Crippen molar-refractivity contribution in [1.82, 2.24) is 45.6 Å². The summed E-state index contributed by atoms with van der Waals surface area (Å²) in [5.74, 6) is 1.77. The Hall–Kier alpha value is -6.28. The van der Waals surface area contributed by atoms with E-state index in [1.165, 1.54) is 29.8 Å². The Morgan fingerprint density at radius 1 is 0.899 bits per heavy atom. The summed E-state index contributed by atoms with van der Waals surface area (Å²) in [4.78, 5) is 45.9. The lowest BCUT2D eigenvalue weighted by Crippen LogP contribution is -2.51. The summed E-state index contributed by atoms with van der Waals surface area (Å²) in [7, 11) is 0. The molecule has 2 amide bonds. The number of pyridine rings is 1. The van der Waals surface area contributed by atoms with Gasteiger partial charge in [0.25, 0.3) is 0 Å². The van der Waals surface area contributed by atoms with Gasteiger partial charge < -0.3 is 29.9 Å². The number of nitrogens with zero attached hydrogens (tertiary/aromatic N) is 7. The van der Waals surface area contributed by atoms with Gasteiger partial charge in [-0.3, -0.25) is 25.0 Å². The molecular weight excluding hydrogens is 879 g/mol. The topological polar surface area (TPSA) is 165 Å². The fraction of sp³-hybridized carbons (Fsp3) is 0.472. The van der Waals surface area contributed by atoms with Gasteiger partial charge in [0.1, 0.15) is 28.6 Å². The summed E-state index contributed by atoms with van der Waals surface area (Å²) < 4.78 is 38.7. The largest absolute Gasteiger partial charge is 0.508 e. The molecule has 3 atom stereocenters. The third-order valence-electron chi connectivity index (χ3n) is 16.1. The Bertz CT molecular complexity index is 3050. The number of carbonyl (C=O) groups excluding carboxylic acids is 2. The second-order valence-corrected chi connectivity index (χ2v) is 20.7. The van der Waals surface area contributed by atoms with Gasteiger partial charge in [0.15, 0.2) is 5.82 Å². The Morgan fingerprint density at radius 3 is 2.43 bits per heavy atom. The number of ether oxygens (including phenoxy) is 1. The van der Waals surface area contributed by atoms with Gasteiger partial charge >= 0.3 is 6.01 Å². The van der Waals surface area contributed by atoms with Crippen LogP contribution in [0.15, 0.2) is 48.7 Å². The molecule has 6 aliphatic rings. The number of amides is 2. The number of piperazine rings is 1. The molecule has 1 aliphatic carbocycles. The average molecular weight is 935 g/mol. The number of aromatic hydroxyl groups is 1. The average Bonchev–Trinajstić information content (AvgIpc) is 3.86. The van der Waals surface area contributed by atoms with Crippen LogP contribution in [0.25, 0.3) is 43.8 Å². The van der Waals surface area contributed by atoms with Crippen molar-refractivity contribution in [3.05, 3.63) is 77.1 Å². The van der Waals surface area contributed by atoms with Crippen molar-refractivity contribution in [2.45, 2.75) is 88.1 Å². The Balaban J connectivity index is 0.692. The summed E-state index contributed by atoms with van der Waals surface area (Å²) in [6.45, 7) is 8.15. The smallest absolute Gasteiger partial charge is 0.319 e. The fourth-order valence-corrected chi connectivity index (χ4v) is 12.1. The van der Waals surface area contributed by atoms with Gasteiger partial charge in [0, 0.05) is 72.6 Å². The Morgan fingerprint density at radius 2 is 1.68 bits per heavy atom. The number of piperidine rings is 3. The number of H-pyrrole nitrogens is 1. The number of hydrogen-bond acceptors (Lipinski definition) is 12. The molecule has 4 N–H and O–H groups in total. The molecule has 1 saturated carbocycles. The van der Waals surface area contributed by atoms with Crippen molar-refractivity contribution in [2.24, 2.45) is 11.3 Å². The lowest BCUT2D eigenvalue weighted by atomic mass is 9.87. The molecule has 16 heteroatoms. The molecule has 8 heterocycles. The first kappa shape index (κ1) is 44.0. The highest BCUT2D eigenvalue weighted by molar-refractivity contribution is 6.04. The molecule has 3 aromatic heterocycles. The van der Waals surface area contributed by atoms with E-state index in [0.717, 1.165) is 107 Å². The van der Waals surface area contributed by atoms with Crippen molar-refractivity contribution in [2.75, 3.05) is 63.9 Å². The third kappa shape index (κ3) is 8.42. The van der Waals surface area contributed by atoms with Crippen molar-refractivity contribution in [3.8, 4) is 35.4 Å². The van der Waals surface area contributed by atoms with Crippen molar-refractivity contribution >= 4 is 50.2 Å². The normalized spacial score (nSPS) is 23.5. The third-order valence-corrected chi connectivity index (χ3v) is 16.1. The van der Waals surface area contributed by atoms with E-state index in [4.69, 9.17) is 21.1 Å². The van der Waals surface area contributed by atoms with Crippen molar-refractivity contribution < 1.29 is 28.2 Å². The lowest BCUT2D eigenvalue weighted by Gasteiger charge is -2.38. The number of imide groups is 1. The van der Waals surface area contributed by atoms with E-state index in [9.17, 15) is 14.7 Å². The minimum atomic E-state index is -0.720. The van der Waals surface area contributed by atoms with Crippen molar-refractivity contribution in [3.63, 3.8) is 0 Å². The number of aromatic amines is 1. The van der Waals surface area contributed by atoms with Gasteiger partial charge in [-0.25, -0.2) is 8.78 Å². The number of rotatable bonds is 11. The molecule has 12 rings (SSSR count). The van der Waals surface area contributed by atoms with Crippen LogP contribution in [-0.2, 0) is 9.59 Å². The molecule has 356 valence electrons. The second kappa shape index (κ2) is 17.6. The molecule has 6 aromatic rings. The van der Waals surface area contributed by atoms with E-state index in [-0.39, 0.29) is 56.7 Å². The highest BCUT2D eigenvalue weighted by atomic mass is 19.1. The minimum absolute atomic E-state index is 0.0226. The SMILES string of the molecule is C#Cc1c(F)ccc2cc(O)cc(-c3ncc4c(N5CC6CCC(C5)N6)nc(OCC5(CN6CCC(CN7CCC(c8ccc9c(C%10CCC(=O)NC%10=O)n[nH]c9c8)CC7)CC6)CC5)nc4c3F)c12. The van der Waals surface area contributed by atoms with Crippen LogP contribution < -0.4 is 20.3 Å². The Labute approximate surface area is 398 Å². The molecule has 6 fully saturated rings. The van der Waals surface area contributed by atoms with Crippen LogP contribution in [-0.4, -0.2) is 123 Å². The number of hydrogen-bond donors (Lipinski definition) is 4. The number of aromatic nitrogens is 5. The van der Waals surface area contributed by atoms with E-state index in [0.29, 0.717) is 73.0 Å². The van der Waals surface area contributed by atoms with E-state index >= 15 is 8.78 Å². The second-order valence-electron chi connectivity index (χ2n) is 20.7. The summed E-state index contributed by atoms with van der Waals surface area (Å²) >= 11 is 0. The number of carbonyl (C=O) groups is 2. The number of benzene rings is 3. The van der Waals surface area contributed by atoms with Crippen LogP contribution in [0.2, 0.25) is 0 Å². The van der Waals surface area contributed by atoms with Gasteiger partial charge in [-0.05, 0) is 131 Å². The number of nitrogens with one attached hydrogen (secondary N) is 3. The van der Waals surface area contributed by atoms with Gasteiger partial charge in [-0.1, -0.05) is 24.1 Å². The molecule has 3 aromatic carbocycles. The van der Waals surface area contributed by atoms with Crippen LogP contribution in [0.1, 0.15) is 92.9 Å². The zero-order valence-electron chi connectivity index (χ0n) is 38.6. The standard InChI is InChI=1S/C53H56F2N10O4/c1-2-37-42(54)9-4-33-21-36(66)23-40(45(33)37)48-46(55)49-41(24-56-48)50(65-26-34-5-6-35(27-65)57-34)60-52(59-49)69-29-53(15-16-53)28-64-17-11-30(12-18-64)25-63-19-13-31(14-20-63)32-3-7-38-43(22-32)61-62-47(38)39-8-10-44(67)58-51(39)68/h1,3-4,7,9,21-24,30-31,34-35,39,57,66H,5-6,8,10-20,25-29H2,(H,61,62)(H,58,67,68). The molecule has 14 nitrogen and oxygen atoms in total. The zero-order valence-corrected chi connectivity index (χ0v) is 38.6. The highest BCUT2D eigenvalue weighted by Crippen LogP contribution is 2.47.